The SMILES string of the molecule is CCCN(CCCNc1ccc(F)cc1C)[C@@H](CCN)c1ccc(Cl)cc1. The zero-order chi connectivity index (χ0) is 19.6. The Morgan fingerprint density at radius 3 is 2.52 bits per heavy atom. The molecular weight excluding hydrogens is 361 g/mol. The summed E-state index contributed by atoms with van der Waals surface area (Å²) in [5.41, 5.74) is 9.09. The maximum absolute atomic E-state index is 13.2. The van der Waals surface area contributed by atoms with Crippen molar-refractivity contribution >= 4 is 17.3 Å². The molecular formula is C22H31ClFN3. The summed E-state index contributed by atoms with van der Waals surface area (Å²) >= 11 is 6.05. The molecule has 0 aliphatic rings. The first-order valence-electron chi connectivity index (χ1n) is 9.74. The van der Waals surface area contributed by atoms with Crippen molar-refractivity contribution in [3.05, 3.63) is 64.4 Å². The number of anilines is 1. The summed E-state index contributed by atoms with van der Waals surface area (Å²) in [6.45, 7) is 7.64. The third kappa shape index (κ3) is 6.80. The Bertz CT molecular complexity index is 690. The highest BCUT2D eigenvalue weighted by atomic mass is 35.5. The minimum atomic E-state index is -0.195. The van der Waals surface area contributed by atoms with Crippen molar-refractivity contribution in [3.63, 3.8) is 0 Å². The number of aryl methyl sites for hydroxylation is 1. The molecule has 0 aliphatic carbocycles. The molecule has 0 unspecified atom stereocenters. The number of nitrogens with one attached hydrogen (secondary N) is 1. The van der Waals surface area contributed by atoms with Crippen molar-refractivity contribution in [1.82, 2.24) is 4.90 Å². The summed E-state index contributed by atoms with van der Waals surface area (Å²) < 4.78 is 13.2. The van der Waals surface area contributed by atoms with Gasteiger partial charge in [0, 0.05) is 29.8 Å². The number of benzene rings is 2. The smallest absolute Gasteiger partial charge is 0.123 e. The monoisotopic (exact) mass is 391 g/mol. The Morgan fingerprint density at radius 2 is 1.89 bits per heavy atom. The molecule has 27 heavy (non-hydrogen) atoms. The van der Waals surface area contributed by atoms with E-state index in [4.69, 9.17) is 17.3 Å². The fraction of sp³-hybridized carbons (Fsp3) is 0.455. The van der Waals surface area contributed by atoms with Crippen molar-refractivity contribution in [2.75, 3.05) is 31.5 Å². The van der Waals surface area contributed by atoms with Crippen LogP contribution in [0.1, 0.15) is 43.4 Å². The lowest BCUT2D eigenvalue weighted by Crippen LogP contribution is -2.33. The van der Waals surface area contributed by atoms with Gasteiger partial charge in [0.25, 0.3) is 0 Å². The summed E-state index contributed by atoms with van der Waals surface area (Å²) in [5.74, 6) is -0.195. The molecule has 3 N–H and O–H groups in total. The van der Waals surface area contributed by atoms with E-state index in [1.54, 1.807) is 12.1 Å². The molecule has 3 nitrogen and oxygen atoms in total. The summed E-state index contributed by atoms with van der Waals surface area (Å²) in [7, 11) is 0. The van der Waals surface area contributed by atoms with Gasteiger partial charge in [-0.2, -0.15) is 0 Å². The van der Waals surface area contributed by atoms with Crippen molar-refractivity contribution in [3.8, 4) is 0 Å². The van der Waals surface area contributed by atoms with E-state index < -0.39 is 0 Å². The van der Waals surface area contributed by atoms with E-state index in [2.05, 4.69) is 29.3 Å². The topological polar surface area (TPSA) is 41.3 Å². The molecule has 0 aromatic heterocycles. The predicted octanol–water partition coefficient (Wildman–Crippen LogP) is 5.39. The van der Waals surface area contributed by atoms with Crippen LogP contribution in [0, 0.1) is 12.7 Å². The normalized spacial score (nSPS) is 12.4. The molecule has 0 aliphatic heterocycles. The molecule has 2 aromatic carbocycles. The van der Waals surface area contributed by atoms with Crippen molar-refractivity contribution in [1.29, 1.82) is 0 Å². The van der Waals surface area contributed by atoms with Gasteiger partial charge in [-0.15, -0.1) is 0 Å². The Kier molecular flexibility index (Phi) is 9.05. The fourth-order valence-electron chi connectivity index (χ4n) is 3.44. The lowest BCUT2D eigenvalue weighted by molar-refractivity contribution is 0.189. The van der Waals surface area contributed by atoms with Gasteiger partial charge in [-0.05, 0) is 80.7 Å². The lowest BCUT2D eigenvalue weighted by atomic mass is 10.0. The van der Waals surface area contributed by atoms with E-state index in [9.17, 15) is 4.39 Å². The third-order valence-corrected chi connectivity index (χ3v) is 5.02. The molecule has 148 valence electrons. The molecule has 0 bridgehead atoms. The van der Waals surface area contributed by atoms with Gasteiger partial charge in [0.2, 0.25) is 0 Å². The minimum Gasteiger partial charge on any atom is -0.385 e. The predicted molar refractivity (Wildman–Crippen MR) is 114 cm³/mol. The van der Waals surface area contributed by atoms with Crippen molar-refractivity contribution in [2.45, 2.75) is 39.2 Å². The molecule has 0 fully saturated rings. The second-order valence-corrected chi connectivity index (χ2v) is 7.36. The Hall–Kier alpha value is -1.62. The Labute approximate surface area is 167 Å². The zero-order valence-corrected chi connectivity index (χ0v) is 17.1. The van der Waals surface area contributed by atoms with Crippen LogP contribution < -0.4 is 11.1 Å². The van der Waals surface area contributed by atoms with Gasteiger partial charge < -0.3 is 11.1 Å². The van der Waals surface area contributed by atoms with Crippen LogP contribution in [-0.2, 0) is 0 Å². The average Bonchev–Trinajstić information content (AvgIpc) is 2.65. The highest BCUT2D eigenvalue weighted by molar-refractivity contribution is 6.30. The van der Waals surface area contributed by atoms with E-state index in [-0.39, 0.29) is 5.82 Å². The number of nitrogens with zero attached hydrogens (tertiary/aromatic N) is 1. The number of hydrogen-bond donors (Lipinski definition) is 2. The van der Waals surface area contributed by atoms with Crippen LogP contribution in [0.3, 0.4) is 0 Å². The number of hydrogen-bond acceptors (Lipinski definition) is 3. The Morgan fingerprint density at radius 1 is 1.15 bits per heavy atom. The molecule has 0 amide bonds. The van der Waals surface area contributed by atoms with Crippen LogP contribution in [0.15, 0.2) is 42.5 Å². The first-order valence-corrected chi connectivity index (χ1v) is 10.1. The number of halogens is 2. The van der Waals surface area contributed by atoms with Crippen LogP contribution in [0.4, 0.5) is 10.1 Å². The third-order valence-electron chi connectivity index (χ3n) is 4.77. The van der Waals surface area contributed by atoms with Crippen LogP contribution in [-0.4, -0.2) is 31.1 Å². The summed E-state index contributed by atoms with van der Waals surface area (Å²) in [6.07, 6.45) is 3.02. The van der Waals surface area contributed by atoms with E-state index in [0.29, 0.717) is 12.6 Å². The number of nitrogens with two attached hydrogens (primary N) is 1. The van der Waals surface area contributed by atoms with E-state index in [1.807, 2.05) is 19.1 Å². The maximum atomic E-state index is 13.2. The van der Waals surface area contributed by atoms with Gasteiger partial charge in [-0.1, -0.05) is 30.7 Å². The standard InChI is InChI=1S/C22H31ClFN3/c1-3-14-27(22(11-12-25)18-5-7-19(23)8-6-18)15-4-13-26-21-10-9-20(24)16-17(21)2/h5-10,16,22,26H,3-4,11-15,25H2,1-2H3/t22-/m0/s1. The quantitative estimate of drug-likeness (QED) is 0.504. The summed E-state index contributed by atoms with van der Waals surface area (Å²) in [4.78, 5) is 2.51. The second kappa shape index (κ2) is 11.3. The summed E-state index contributed by atoms with van der Waals surface area (Å²) in [6, 6.07) is 13.3. The lowest BCUT2D eigenvalue weighted by Gasteiger charge is -2.32. The van der Waals surface area contributed by atoms with Gasteiger partial charge in [0.1, 0.15) is 5.82 Å². The van der Waals surface area contributed by atoms with Gasteiger partial charge in [0.05, 0.1) is 0 Å². The van der Waals surface area contributed by atoms with Crippen molar-refractivity contribution in [2.24, 2.45) is 5.73 Å². The largest absolute Gasteiger partial charge is 0.385 e. The molecule has 0 saturated heterocycles. The molecule has 0 saturated carbocycles. The van der Waals surface area contributed by atoms with E-state index >= 15 is 0 Å². The molecule has 5 heteroatoms. The molecule has 0 spiro atoms. The zero-order valence-electron chi connectivity index (χ0n) is 16.3. The molecule has 2 rings (SSSR count). The highest BCUT2D eigenvalue weighted by Crippen LogP contribution is 2.26. The van der Waals surface area contributed by atoms with Gasteiger partial charge in [-0.25, -0.2) is 4.39 Å². The minimum absolute atomic E-state index is 0.195. The fourth-order valence-corrected chi connectivity index (χ4v) is 3.57. The van der Waals surface area contributed by atoms with Gasteiger partial charge in [-0.3, -0.25) is 4.90 Å². The highest BCUT2D eigenvalue weighted by Gasteiger charge is 2.19. The van der Waals surface area contributed by atoms with E-state index in [0.717, 1.165) is 55.2 Å². The molecule has 2 aromatic rings. The van der Waals surface area contributed by atoms with Crippen LogP contribution in [0.5, 0.6) is 0 Å². The molecule has 0 radical (unpaired) electrons. The average molecular weight is 392 g/mol. The maximum Gasteiger partial charge on any atom is 0.123 e. The van der Waals surface area contributed by atoms with E-state index in [1.165, 1.54) is 11.6 Å². The second-order valence-electron chi connectivity index (χ2n) is 6.92. The van der Waals surface area contributed by atoms with Crippen molar-refractivity contribution < 1.29 is 4.39 Å². The molecule has 1 atom stereocenters. The van der Waals surface area contributed by atoms with Crippen LogP contribution in [0.25, 0.3) is 0 Å². The first-order chi connectivity index (χ1) is 13.0. The van der Waals surface area contributed by atoms with Gasteiger partial charge >= 0.3 is 0 Å². The first kappa shape index (κ1) is 21.7. The van der Waals surface area contributed by atoms with Crippen LogP contribution >= 0.6 is 11.6 Å². The Balaban J connectivity index is 1.96. The summed E-state index contributed by atoms with van der Waals surface area (Å²) in [5, 5.41) is 4.18. The number of rotatable bonds is 11. The van der Waals surface area contributed by atoms with Gasteiger partial charge in [0.15, 0.2) is 0 Å². The van der Waals surface area contributed by atoms with Crippen LogP contribution in [0.2, 0.25) is 5.02 Å². The molecule has 0 heterocycles.